The predicted molar refractivity (Wildman–Crippen MR) is 95.0 cm³/mol. The fourth-order valence-electron chi connectivity index (χ4n) is 3.86. The number of ketones is 1. The van der Waals surface area contributed by atoms with Crippen LogP contribution < -0.4 is 5.32 Å². The van der Waals surface area contributed by atoms with E-state index in [9.17, 15) is 9.59 Å². The number of aryl methyl sites for hydroxylation is 1. The maximum Gasteiger partial charge on any atom is 0.225 e. The fourth-order valence-corrected chi connectivity index (χ4v) is 4.69. The highest BCUT2D eigenvalue weighted by atomic mass is 32.1. The first-order valence-corrected chi connectivity index (χ1v) is 9.16. The molecule has 4 heteroatoms. The summed E-state index contributed by atoms with van der Waals surface area (Å²) in [5, 5.41) is 5.02. The molecule has 2 heterocycles. The standard InChI is InChI=1S/C20H19NO2S/c1-12-4-2-5-13(8-12)15-11-19(23)21-16-9-14(10-17(22)20(15)16)18-6-3-7-24-18/h2-8,14-15H,9-11H2,1H3,(H,21,23)/t14-,15+/m1/s1. The smallest absolute Gasteiger partial charge is 0.225 e. The topological polar surface area (TPSA) is 46.2 Å². The molecule has 0 unspecified atom stereocenters. The molecule has 0 radical (unpaired) electrons. The van der Waals surface area contributed by atoms with Gasteiger partial charge in [0.05, 0.1) is 0 Å². The van der Waals surface area contributed by atoms with Crippen molar-refractivity contribution in [3.05, 3.63) is 69.1 Å². The van der Waals surface area contributed by atoms with Crippen LogP contribution in [0.1, 0.15) is 47.1 Å². The predicted octanol–water partition coefficient (Wildman–Crippen LogP) is 4.06. The highest BCUT2D eigenvalue weighted by molar-refractivity contribution is 7.10. The molecule has 2 aromatic rings. The van der Waals surface area contributed by atoms with Gasteiger partial charge in [0.25, 0.3) is 0 Å². The van der Waals surface area contributed by atoms with Crippen molar-refractivity contribution in [2.45, 2.75) is 38.0 Å². The minimum atomic E-state index is -0.106. The average Bonchev–Trinajstić information content (AvgIpc) is 3.08. The van der Waals surface area contributed by atoms with E-state index in [-0.39, 0.29) is 23.5 Å². The Labute approximate surface area is 145 Å². The van der Waals surface area contributed by atoms with Crippen molar-refractivity contribution < 1.29 is 9.59 Å². The molecule has 0 fully saturated rings. The molecule has 1 aromatic heterocycles. The van der Waals surface area contributed by atoms with Crippen molar-refractivity contribution in [2.75, 3.05) is 0 Å². The van der Waals surface area contributed by atoms with E-state index in [0.29, 0.717) is 12.8 Å². The van der Waals surface area contributed by atoms with E-state index in [0.717, 1.165) is 28.8 Å². The van der Waals surface area contributed by atoms with E-state index in [4.69, 9.17) is 0 Å². The van der Waals surface area contributed by atoms with Gasteiger partial charge in [0, 0.05) is 40.8 Å². The molecule has 0 spiro atoms. The van der Waals surface area contributed by atoms with Crippen molar-refractivity contribution in [1.82, 2.24) is 5.32 Å². The molecule has 1 aliphatic heterocycles. The highest BCUT2D eigenvalue weighted by Gasteiger charge is 2.38. The second-order valence-corrected chi connectivity index (χ2v) is 7.63. The van der Waals surface area contributed by atoms with Crippen LogP contribution in [0.4, 0.5) is 0 Å². The first-order valence-electron chi connectivity index (χ1n) is 8.28. The number of carbonyl (C=O) groups excluding carboxylic acids is 2. The van der Waals surface area contributed by atoms with Gasteiger partial charge in [-0.2, -0.15) is 0 Å². The third-order valence-electron chi connectivity index (χ3n) is 4.93. The third kappa shape index (κ3) is 2.71. The Morgan fingerprint density at radius 2 is 1.96 bits per heavy atom. The Morgan fingerprint density at radius 3 is 2.71 bits per heavy atom. The van der Waals surface area contributed by atoms with Gasteiger partial charge in [0.1, 0.15) is 0 Å². The van der Waals surface area contributed by atoms with Crippen molar-refractivity contribution in [2.24, 2.45) is 0 Å². The van der Waals surface area contributed by atoms with Crippen molar-refractivity contribution in [3.8, 4) is 0 Å². The molecular weight excluding hydrogens is 318 g/mol. The van der Waals surface area contributed by atoms with Gasteiger partial charge in [-0.15, -0.1) is 11.3 Å². The number of hydrogen-bond donors (Lipinski definition) is 1. The average molecular weight is 337 g/mol. The van der Waals surface area contributed by atoms with E-state index >= 15 is 0 Å². The number of thiophene rings is 1. The summed E-state index contributed by atoms with van der Waals surface area (Å²) in [6.45, 7) is 2.04. The van der Waals surface area contributed by atoms with E-state index in [1.54, 1.807) is 11.3 Å². The van der Waals surface area contributed by atoms with Crippen molar-refractivity contribution in [1.29, 1.82) is 0 Å². The Morgan fingerprint density at radius 1 is 1.08 bits per heavy atom. The molecule has 1 aromatic carbocycles. The minimum absolute atomic E-state index is 0.0138. The van der Waals surface area contributed by atoms with Gasteiger partial charge in [-0.3, -0.25) is 9.59 Å². The highest BCUT2D eigenvalue weighted by Crippen LogP contribution is 2.43. The number of nitrogens with one attached hydrogen (secondary N) is 1. The number of benzene rings is 1. The largest absolute Gasteiger partial charge is 0.329 e. The number of Topliss-reactive ketones (excluding diaryl/α,β-unsaturated/α-hetero) is 1. The molecule has 24 heavy (non-hydrogen) atoms. The SMILES string of the molecule is Cc1cccc([C@@H]2CC(=O)NC3=C2C(=O)C[C@H](c2cccs2)C3)c1. The molecule has 1 aliphatic carbocycles. The maximum absolute atomic E-state index is 12.9. The first-order chi connectivity index (χ1) is 11.6. The van der Waals surface area contributed by atoms with Gasteiger partial charge in [-0.25, -0.2) is 0 Å². The molecule has 122 valence electrons. The number of hydrogen-bond acceptors (Lipinski definition) is 3. The van der Waals surface area contributed by atoms with E-state index in [2.05, 4.69) is 17.4 Å². The molecule has 0 saturated heterocycles. The molecular formula is C20H19NO2S. The molecule has 2 aliphatic rings. The van der Waals surface area contributed by atoms with E-state index in [1.165, 1.54) is 4.88 Å². The minimum Gasteiger partial charge on any atom is -0.329 e. The summed E-state index contributed by atoms with van der Waals surface area (Å²) in [6.07, 6.45) is 1.64. The van der Waals surface area contributed by atoms with Crippen LogP contribution in [0.2, 0.25) is 0 Å². The fraction of sp³-hybridized carbons (Fsp3) is 0.300. The van der Waals surface area contributed by atoms with Gasteiger partial charge in [-0.1, -0.05) is 35.9 Å². The van der Waals surface area contributed by atoms with Crippen LogP contribution in [0.15, 0.2) is 53.0 Å². The summed E-state index contributed by atoms with van der Waals surface area (Å²) in [6, 6.07) is 12.3. The quantitative estimate of drug-likeness (QED) is 0.898. The summed E-state index contributed by atoms with van der Waals surface area (Å²) >= 11 is 1.68. The van der Waals surface area contributed by atoms with Gasteiger partial charge in [0.15, 0.2) is 5.78 Å². The molecule has 2 atom stereocenters. The van der Waals surface area contributed by atoms with Gasteiger partial charge >= 0.3 is 0 Å². The summed E-state index contributed by atoms with van der Waals surface area (Å²) in [7, 11) is 0. The van der Waals surface area contributed by atoms with E-state index in [1.807, 2.05) is 36.6 Å². The molecule has 3 nitrogen and oxygen atoms in total. The zero-order valence-electron chi connectivity index (χ0n) is 13.5. The lowest BCUT2D eigenvalue weighted by Gasteiger charge is -2.34. The number of amides is 1. The molecule has 0 bridgehead atoms. The second kappa shape index (κ2) is 6.02. The summed E-state index contributed by atoms with van der Waals surface area (Å²) < 4.78 is 0. The summed E-state index contributed by atoms with van der Waals surface area (Å²) in [5.74, 6) is 0.277. The third-order valence-corrected chi connectivity index (χ3v) is 5.96. The van der Waals surface area contributed by atoms with Crippen LogP contribution in [-0.4, -0.2) is 11.7 Å². The van der Waals surface area contributed by atoms with Gasteiger partial charge in [-0.05, 0) is 30.4 Å². The van der Waals surface area contributed by atoms with Crippen LogP contribution in [-0.2, 0) is 9.59 Å². The van der Waals surface area contributed by atoms with Crippen molar-refractivity contribution >= 4 is 23.0 Å². The van der Waals surface area contributed by atoms with Crippen LogP contribution in [0, 0.1) is 6.92 Å². The number of rotatable bonds is 2. The molecule has 0 saturated carbocycles. The van der Waals surface area contributed by atoms with E-state index < -0.39 is 0 Å². The monoisotopic (exact) mass is 337 g/mol. The Balaban J connectivity index is 1.74. The molecule has 4 rings (SSSR count). The lowest BCUT2D eigenvalue weighted by molar-refractivity contribution is -0.122. The zero-order chi connectivity index (χ0) is 16.7. The Kier molecular flexibility index (Phi) is 3.85. The normalized spacial score (nSPS) is 23.9. The zero-order valence-corrected chi connectivity index (χ0v) is 14.4. The van der Waals surface area contributed by atoms with Gasteiger partial charge < -0.3 is 5.32 Å². The van der Waals surface area contributed by atoms with Gasteiger partial charge in [0.2, 0.25) is 5.91 Å². The van der Waals surface area contributed by atoms with Crippen LogP contribution in [0.5, 0.6) is 0 Å². The number of carbonyl (C=O) groups is 2. The summed E-state index contributed by atoms with van der Waals surface area (Å²) in [4.78, 5) is 26.4. The maximum atomic E-state index is 12.9. The number of allylic oxidation sites excluding steroid dienone is 2. The van der Waals surface area contributed by atoms with Crippen molar-refractivity contribution in [3.63, 3.8) is 0 Å². The lowest BCUT2D eigenvalue weighted by atomic mass is 9.74. The lowest BCUT2D eigenvalue weighted by Crippen LogP contribution is -2.38. The molecule has 1 N–H and O–H groups in total. The Hall–Kier alpha value is -2.20. The van der Waals surface area contributed by atoms with Crippen LogP contribution >= 0.6 is 11.3 Å². The first kappa shape index (κ1) is 15.3. The summed E-state index contributed by atoms with van der Waals surface area (Å²) in [5.41, 5.74) is 3.89. The van der Waals surface area contributed by atoms with Crippen LogP contribution in [0.3, 0.4) is 0 Å². The Bertz CT molecular complexity index is 835. The van der Waals surface area contributed by atoms with Crippen LogP contribution in [0.25, 0.3) is 0 Å². The second-order valence-electron chi connectivity index (χ2n) is 6.66. The molecule has 1 amide bonds.